The van der Waals surface area contributed by atoms with Gasteiger partial charge >= 0.3 is 5.97 Å². The number of carboxylic acid groups (broad SMARTS) is 1. The van der Waals surface area contributed by atoms with Crippen LogP contribution in [0.1, 0.15) is 31.2 Å². The molecule has 0 aliphatic heterocycles. The lowest BCUT2D eigenvalue weighted by Gasteiger charge is -2.34. The molecule has 0 aromatic heterocycles. The molecule has 0 spiro atoms. The average Bonchev–Trinajstić information content (AvgIpc) is 2.37. The summed E-state index contributed by atoms with van der Waals surface area (Å²) in [4.78, 5) is 12.1. The van der Waals surface area contributed by atoms with E-state index in [1.54, 1.807) is 11.8 Å². The predicted octanol–water partition coefficient (Wildman–Crippen LogP) is 3.09. The van der Waals surface area contributed by atoms with Crippen molar-refractivity contribution in [1.29, 1.82) is 0 Å². The number of hydrogen-bond donors (Lipinski definition) is 2. The van der Waals surface area contributed by atoms with Gasteiger partial charge < -0.3 is 10.2 Å². The number of aliphatic hydroxyl groups is 1. The van der Waals surface area contributed by atoms with E-state index in [0.29, 0.717) is 31.4 Å². The molecule has 3 nitrogen and oxygen atoms in total. The molecule has 0 bridgehead atoms. The molecule has 1 aliphatic carbocycles. The number of aryl methyl sites for hydroxylation is 1. The molecule has 1 aromatic rings. The topological polar surface area (TPSA) is 57.5 Å². The molecule has 1 saturated carbocycles. The van der Waals surface area contributed by atoms with Crippen LogP contribution in [0.4, 0.5) is 0 Å². The van der Waals surface area contributed by atoms with Gasteiger partial charge in [-0.05, 0) is 44.7 Å². The van der Waals surface area contributed by atoms with Crippen molar-refractivity contribution in [2.24, 2.45) is 5.92 Å². The highest BCUT2D eigenvalue weighted by Gasteiger charge is 2.35. The van der Waals surface area contributed by atoms with Gasteiger partial charge in [0.1, 0.15) is 0 Å². The van der Waals surface area contributed by atoms with Crippen molar-refractivity contribution in [3.63, 3.8) is 0 Å². The first-order chi connectivity index (χ1) is 8.98. The summed E-state index contributed by atoms with van der Waals surface area (Å²) in [5, 5.41) is 19.4. The van der Waals surface area contributed by atoms with Gasteiger partial charge in [-0.25, -0.2) is 0 Å². The Balaban J connectivity index is 1.88. The molecule has 0 heterocycles. The summed E-state index contributed by atoms with van der Waals surface area (Å²) in [5.74, 6) is -0.361. The predicted molar refractivity (Wildman–Crippen MR) is 76.4 cm³/mol. The normalized spacial score (nSPS) is 27.2. The number of thioether (sulfide) groups is 1. The van der Waals surface area contributed by atoms with Crippen LogP contribution < -0.4 is 0 Å². The summed E-state index contributed by atoms with van der Waals surface area (Å²) in [6, 6.07) is 8.22. The van der Waals surface area contributed by atoms with E-state index in [4.69, 9.17) is 5.11 Å². The second-order valence-electron chi connectivity index (χ2n) is 5.44. The molecule has 2 rings (SSSR count). The standard InChI is InChI=1S/C15H20O3S/c1-11-3-2-4-13(9-11)19-10-15(18)7-5-12(6-8-15)14(16)17/h2-4,9,12,18H,5-8,10H2,1H3,(H,16,17). The summed E-state index contributed by atoms with van der Waals surface area (Å²) >= 11 is 1.65. The average molecular weight is 280 g/mol. The Morgan fingerprint density at radius 1 is 1.42 bits per heavy atom. The van der Waals surface area contributed by atoms with Crippen molar-refractivity contribution >= 4 is 17.7 Å². The Morgan fingerprint density at radius 2 is 2.11 bits per heavy atom. The molecule has 1 aromatic carbocycles. The second kappa shape index (κ2) is 5.97. The fourth-order valence-electron chi connectivity index (χ4n) is 2.47. The largest absolute Gasteiger partial charge is 0.481 e. The Morgan fingerprint density at radius 3 is 2.68 bits per heavy atom. The van der Waals surface area contributed by atoms with E-state index >= 15 is 0 Å². The summed E-state index contributed by atoms with van der Waals surface area (Å²) in [6.07, 6.45) is 2.34. The maximum atomic E-state index is 10.9. The number of benzene rings is 1. The number of hydrogen-bond acceptors (Lipinski definition) is 3. The van der Waals surface area contributed by atoms with Gasteiger partial charge in [0.05, 0.1) is 11.5 Å². The van der Waals surface area contributed by atoms with Gasteiger partial charge in [0.25, 0.3) is 0 Å². The van der Waals surface area contributed by atoms with Gasteiger partial charge in [0, 0.05) is 10.6 Å². The summed E-state index contributed by atoms with van der Waals surface area (Å²) in [7, 11) is 0. The Labute approximate surface area is 118 Å². The van der Waals surface area contributed by atoms with Crippen LogP contribution in [0.2, 0.25) is 0 Å². The van der Waals surface area contributed by atoms with Crippen LogP contribution in [0, 0.1) is 12.8 Å². The summed E-state index contributed by atoms with van der Waals surface area (Å²) < 4.78 is 0. The first-order valence-electron chi connectivity index (χ1n) is 6.63. The third kappa shape index (κ3) is 3.98. The minimum Gasteiger partial charge on any atom is -0.481 e. The lowest BCUT2D eigenvalue weighted by atomic mass is 9.80. The fraction of sp³-hybridized carbons (Fsp3) is 0.533. The summed E-state index contributed by atoms with van der Waals surface area (Å²) in [5.41, 5.74) is 0.506. The molecule has 1 fully saturated rings. The second-order valence-corrected chi connectivity index (χ2v) is 6.49. The van der Waals surface area contributed by atoms with Crippen molar-refractivity contribution < 1.29 is 15.0 Å². The van der Waals surface area contributed by atoms with E-state index in [1.807, 2.05) is 12.1 Å². The third-order valence-corrected chi connectivity index (χ3v) is 5.03. The van der Waals surface area contributed by atoms with Gasteiger partial charge in [-0.3, -0.25) is 4.79 Å². The van der Waals surface area contributed by atoms with Gasteiger partial charge in [-0.2, -0.15) is 0 Å². The van der Waals surface area contributed by atoms with Gasteiger partial charge in [0.2, 0.25) is 0 Å². The van der Waals surface area contributed by atoms with E-state index in [9.17, 15) is 9.90 Å². The first-order valence-corrected chi connectivity index (χ1v) is 7.62. The van der Waals surface area contributed by atoms with Crippen molar-refractivity contribution in [1.82, 2.24) is 0 Å². The molecule has 4 heteroatoms. The molecular formula is C15H20O3S. The fourth-order valence-corrected chi connectivity index (χ4v) is 3.64. The Bertz CT molecular complexity index is 450. The maximum Gasteiger partial charge on any atom is 0.306 e. The Kier molecular flexibility index (Phi) is 4.53. The Hall–Kier alpha value is -1.00. The van der Waals surface area contributed by atoms with Crippen molar-refractivity contribution in [3.05, 3.63) is 29.8 Å². The van der Waals surface area contributed by atoms with Crippen molar-refractivity contribution in [2.45, 2.75) is 43.1 Å². The van der Waals surface area contributed by atoms with Crippen LogP contribution in [0.25, 0.3) is 0 Å². The highest BCUT2D eigenvalue weighted by atomic mass is 32.2. The number of carbonyl (C=O) groups is 1. The minimum absolute atomic E-state index is 0.274. The first kappa shape index (κ1) is 14.4. The van der Waals surface area contributed by atoms with Crippen LogP contribution in [0.3, 0.4) is 0 Å². The van der Waals surface area contributed by atoms with Crippen LogP contribution in [0.15, 0.2) is 29.2 Å². The lowest BCUT2D eigenvalue weighted by Crippen LogP contribution is -2.38. The SMILES string of the molecule is Cc1cccc(SCC2(O)CCC(C(=O)O)CC2)c1. The van der Waals surface area contributed by atoms with E-state index in [2.05, 4.69) is 19.1 Å². The molecule has 0 amide bonds. The van der Waals surface area contributed by atoms with Crippen LogP contribution >= 0.6 is 11.8 Å². The van der Waals surface area contributed by atoms with Crippen molar-refractivity contribution in [2.75, 3.05) is 5.75 Å². The molecule has 0 unspecified atom stereocenters. The number of carboxylic acids is 1. The maximum absolute atomic E-state index is 10.9. The molecule has 0 saturated heterocycles. The third-order valence-electron chi connectivity index (χ3n) is 3.76. The van der Waals surface area contributed by atoms with Gasteiger partial charge in [-0.15, -0.1) is 11.8 Å². The number of rotatable bonds is 4. The lowest BCUT2D eigenvalue weighted by molar-refractivity contribution is -0.144. The highest BCUT2D eigenvalue weighted by molar-refractivity contribution is 7.99. The van der Waals surface area contributed by atoms with Crippen LogP contribution in [0.5, 0.6) is 0 Å². The van der Waals surface area contributed by atoms with Crippen LogP contribution in [-0.4, -0.2) is 27.5 Å². The minimum atomic E-state index is -0.728. The van der Waals surface area contributed by atoms with Gasteiger partial charge in [0.15, 0.2) is 0 Å². The monoisotopic (exact) mass is 280 g/mol. The van der Waals surface area contributed by atoms with Gasteiger partial charge in [-0.1, -0.05) is 17.7 Å². The van der Waals surface area contributed by atoms with Crippen molar-refractivity contribution in [3.8, 4) is 0 Å². The zero-order chi connectivity index (χ0) is 13.9. The zero-order valence-corrected chi connectivity index (χ0v) is 11.9. The quantitative estimate of drug-likeness (QED) is 0.832. The van der Waals surface area contributed by atoms with E-state index in [-0.39, 0.29) is 5.92 Å². The molecule has 19 heavy (non-hydrogen) atoms. The molecular weight excluding hydrogens is 260 g/mol. The molecule has 0 radical (unpaired) electrons. The summed E-state index contributed by atoms with van der Waals surface area (Å²) in [6.45, 7) is 2.05. The number of aliphatic carboxylic acids is 1. The van der Waals surface area contributed by atoms with E-state index < -0.39 is 11.6 Å². The molecule has 2 N–H and O–H groups in total. The highest BCUT2D eigenvalue weighted by Crippen LogP contribution is 2.36. The van der Waals surface area contributed by atoms with Crippen LogP contribution in [-0.2, 0) is 4.79 Å². The zero-order valence-electron chi connectivity index (χ0n) is 11.1. The smallest absolute Gasteiger partial charge is 0.306 e. The molecule has 1 aliphatic rings. The molecule has 0 atom stereocenters. The van der Waals surface area contributed by atoms with E-state index in [1.165, 1.54) is 5.56 Å². The van der Waals surface area contributed by atoms with E-state index in [0.717, 1.165) is 4.90 Å². The molecule has 104 valence electrons.